The number of quaternary nitrogens is 1. The lowest BCUT2D eigenvalue weighted by Crippen LogP contribution is -3.13. The fourth-order valence-electron chi connectivity index (χ4n) is 4.22. The fourth-order valence-corrected chi connectivity index (χ4v) is 4.22. The van der Waals surface area contributed by atoms with E-state index in [1.807, 2.05) is 43.0 Å². The van der Waals surface area contributed by atoms with Crippen molar-refractivity contribution in [3.05, 3.63) is 59.7 Å². The van der Waals surface area contributed by atoms with Crippen molar-refractivity contribution in [2.75, 3.05) is 37.6 Å². The smallest absolute Gasteiger partial charge is 0.268 e. The predicted molar refractivity (Wildman–Crippen MR) is 116 cm³/mol. The first-order chi connectivity index (χ1) is 14.5. The first-order valence-corrected chi connectivity index (χ1v) is 10.8. The Balaban J connectivity index is 1.40. The molecule has 2 aliphatic heterocycles. The molecule has 0 aliphatic carbocycles. The molecule has 30 heavy (non-hydrogen) atoms. The van der Waals surface area contributed by atoms with Crippen LogP contribution < -0.4 is 14.5 Å². The van der Waals surface area contributed by atoms with Gasteiger partial charge in [-0.15, -0.1) is 0 Å². The SMILES string of the molecule is CCC1Oc2ccc(C)cc2N(CC(=O)N2CC[NH+](Cc3ccccc3)CC2)C1=O. The molecule has 1 atom stereocenters. The zero-order valence-electron chi connectivity index (χ0n) is 17.8. The second-order valence-electron chi connectivity index (χ2n) is 8.20. The molecule has 158 valence electrons. The maximum Gasteiger partial charge on any atom is 0.268 e. The van der Waals surface area contributed by atoms with Gasteiger partial charge in [0.05, 0.1) is 31.9 Å². The molecule has 1 saturated heterocycles. The van der Waals surface area contributed by atoms with Gasteiger partial charge in [-0.25, -0.2) is 0 Å². The first-order valence-electron chi connectivity index (χ1n) is 10.8. The summed E-state index contributed by atoms with van der Waals surface area (Å²) >= 11 is 0. The van der Waals surface area contributed by atoms with Crippen LogP contribution in [-0.4, -0.2) is 55.5 Å². The van der Waals surface area contributed by atoms with Crippen LogP contribution in [0.4, 0.5) is 5.69 Å². The van der Waals surface area contributed by atoms with Crippen LogP contribution in [0.25, 0.3) is 0 Å². The van der Waals surface area contributed by atoms with E-state index in [1.165, 1.54) is 10.5 Å². The summed E-state index contributed by atoms with van der Waals surface area (Å²) in [5.41, 5.74) is 3.06. The third kappa shape index (κ3) is 4.33. The molecule has 1 fully saturated rings. The van der Waals surface area contributed by atoms with Crippen molar-refractivity contribution in [3.63, 3.8) is 0 Å². The number of benzene rings is 2. The van der Waals surface area contributed by atoms with E-state index >= 15 is 0 Å². The molecular formula is C24H30N3O3+. The second kappa shape index (κ2) is 8.88. The molecular weight excluding hydrogens is 378 g/mol. The standard InChI is InChI=1S/C24H29N3O3/c1-3-21-24(29)27(20-15-18(2)9-10-22(20)30-21)17-23(28)26-13-11-25(12-14-26)16-19-7-5-4-6-8-19/h4-10,15,21H,3,11-14,16-17H2,1-2H3/p+1. The molecule has 2 heterocycles. The summed E-state index contributed by atoms with van der Waals surface area (Å²) in [5, 5.41) is 0. The number of anilines is 1. The number of ether oxygens (including phenoxy) is 1. The third-order valence-corrected chi connectivity index (χ3v) is 6.00. The van der Waals surface area contributed by atoms with Crippen molar-refractivity contribution in [2.24, 2.45) is 0 Å². The molecule has 0 spiro atoms. The molecule has 2 aromatic carbocycles. The highest BCUT2D eigenvalue weighted by Gasteiger charge is 2.36. The van der Waals surface area contributed by atoms with Crippen LogP contribution >= 0.6 is 0 Å². The van der Waals surface area contributed by atoms with Crippen LogP contribution in [-0.2, 0) is 16.1 Å². The zero-order valence-corrected chi connectivity index (χ0v) is 17.8. The van der Waals surface area contributed by atoms with Gasteiger partial charge in [0.1, 0.15) is 18.8 Å². The van der Waals surface area contributed by atoms with Gasteiger partial charge >= 0.3 is 0 Å². The van der Waals surface area contributed by atoms with Crippen molar-refractivity contribution in [2.45, 2.75) is 32.9 Å². The monoisotopic (exact) mass is 408 g/mol. The van der Waals surface area contributed by atoms with Gasteiger partial charge in [0.15, 0.2) is 6.10 Å². The number of hydrogen-bond donors (Lipinski definition) is 1. The largest absolute Gasteiger partial charge is 0.478 e. The van der Waals surface area contributed by atoms with Crippen molar-refractivity contribution in [1.29, 1.82) is 0 Å². The van der Waals surface area contributed by atoms with Crippen LogP contribution in [0, 0.1) is 6.92 Å². The van der Waals surface area contributed by atoms with Gasteiger partial charge in [0.25, 0.3) is 5.91 Å². The summed E-state index contributed by atoms with van der Waals surface area (Å²) in [5.74, 6) is 0.556. The predicted octanol–water partition coefficient (Wildman–Crippen LogP) is 1.43. The number of carbonyl (C=O) groups is 2. The highest BCUT2D eigenvalue weighted by Crippen LogP contribution is 2.35. The highest BCUT2D eigenvalue weighted by molar-refractivity contribution is 6.03. The second-order valence-corrected chi connectivity index (χ2v) is 8.20. The Bertz CT molecular complexity index is 907. The lowest BCUT2D eigenvalue weighted by atomic mass is 10.1. The van der Waals surface area contributed by atoms with Gasteiger partial charge in [-0.3, -0.25) is 14.5 Å². The summed E-state index contributed by atoms with van der Waals surface area (Å²) in [6, 6.07) is 16.3. The highest BCUT2D eigenvalue weighted by atomic mass is 16.5. The van der Waals surface area contributed by atoms with Crippen molar-refractivity contribution in [1.82, 2.24) is 4.90 Å². The lowest BCUT2D eigenvalue weighted by molar-refractivity contribution is -0.917. The summed E-state index contributed by atoms with van der Waals surface area (Å²) < 4.78 is 5.86. The van der Waals surface area contributed by atoms with Crippen LogP contribution in [0.3, 0.4) is 0 Å². The average Bonchev–Trinajstić information content (AvgIpc) is 2.77. The van der Waals surface area contributed by atoms with E-state index in [0.717, 1.165) is 38.3 Å². The quantitative estimate of drug-likeness (QED) is 0.814. The van der Waals surface area contributed by atoms with Gasteiger partial charge in [0.2, 0.25) is 5.91 Å². The summed E-state index contributed by atoms with van der Waals surface area (Å²) in [4.78, 5) is 31.0. The van der Waals surface area contributed by atoms with E-state index in [9.17, 15) is 9.59 Å². The number of nitrogens with one attached hydrogen (secondary N) is 1. The molecule has 1 unspecified atom stereocenters. The molecule has 6 heteroatoms. The van der Waals surface area contributed by atoms with Gasteiger partial charge in [-0.1, -0.05) is 43.3 Å². The van der Waals surface area contributed by atoms with Gasteiger partial charge in [-0.2, -0.15) is 0 Å². The number of carbonyl (C=O) groups excluding carboxylic acids is 2. The van der Waals surface area contributed by atoms with Crippen LogP contribution in [0.5, 0.6) is 5.75 Å². The molecule has 0 radical (unpaired) electrons. The number of amides is 2. The average molecular weight is 409 g/mol. The molecule has 0 aromatic heterocycles. The summed E-state index contributed by atoms with van der Waals surface area (Å²) in [6.07, 6.45) is 0.0541. The first kappa shape index (κ1) is 20.4. The number of nitrogens with zero attached hydrogens (tertiary/aromatic N) is 2. The Hall–Kier alpha value is -2.86. The van der Waals surface area contributed by atoms with Crippen molar-refractivity contribution in [3.8, 4) is 5.75 Å². The minimum absolute atomic E-state index is 0.00585. The van der Waals surface area contributed by atoms with E-state index in [4.69, 9.17) is 4.74 Å². The Morgan fingerprint density at radius 1 is 1.13 bits per heavy atom. The van der Waals surface area contributed by atoms with Crippen LogP contribution in [0.2, 0.25) is 0 Å². The van der Waals surface area contributed by atoms with Gasteiger partial charge in [-0.05, 0) is 31.0 Å². The fraction of sp³-hybridized carbons (Fsp3) is 0.417. The minimum Gasteiger partial charge on any atom is -0.478 e. The number of piperazine rings is 1. The van der Waals surface area contributed by atoms with Gasteiger partial charge in [0, 0.05) is 5.56 Å². The zero-order chi connectivity index (χ0) is 21.1. The van der Waals surface area contributed by atoms with E-state index < -0.39 is 6.10 Å². The molecule has 1 N–H and O–H groups in total. The van der Waals surface area contributed by atoms with Gasteiger partial charge < -0.3 is 14.5 Å². The van der Waals surface area contributed by atoms with E-state index in [-0.39, 0.29) is 18.4 Å². The number of rotatable bonds is 5. The van der Waals surface area contributed by atoms with E-state index in [0.29, 0.717) is 17.9 Å². The number of hydrogen-bond acceptors (Lipinski definition) is 3. The maximum atomic E-state index is 13.0. The van der Waals surface area contributed by atoms with E-state index in [1.54, 1.807) is 4.90 Å². The topological polar surface area (TPSA) is 54.3 Å². The molecule has 0 bridgehead atoms. The van der Waals surface area contributed by atoms with Crippen LogP contribution in [0.15, 0.2) is 48.5 Å². The molecule has 2 aliphatic rings. The number of aryl methyl sites for hydroxylation is 1. The lowest BCUT2D eigenvalue weighted by Gasteiger charge is -2.36. The molecule has 2 aromatic rings. The summed E-state index contributed by atoms with van der Waals surface area (Å²) in [7, 11) is 0. The molecule has 6 nitrogen and oxygen atoms in total. The van der Waals surface area contributed by atoms with Crippen molar-refractivity contribution < 1.29 is 19.2 Å². The Labute approximate surface area is 178 Å². The molecule has 4 rings (SSSR count). The minimum atomic E-state index is -0.528. The summed E-state index contributed by atoms with van der Waals surface area (Å²) in [6.45, 7) is 8.24. The van der Waals surface area contributed by atoms with Crippen LogP contribution in [0.1, 0.15) is 24.5 Å². The third-order valence-electron chi connectivity index (χ3n) is 6.00. The number of fused-ring (bicyclic) bond motifs is 1. The van der Waals surface area contributed by atoms with E-state index in [2.05, 4.69) is 24.3 Å². The maximum absolute atomic E-state index is 13.0. The molecule has 2 amide bonds. The Kier molecular flexibility index (Phi) is 6.04. The molecule has 0 saturated carbocycles. The Morgan fingerprint density at radius 3 is 2.57 bits per heavy atom. The Morgan fingerprint density at radius 2 is 1.87 bits per heavy atom. The normalized spacial score (nSPS) is 19.4. The van der Waals surface area contributed by atoms with Crippen molar-refractivity contribution >= 4 is 17.5 Å².